The predicted octanol–water partition coefficient (Wildman–Crippen LogP) is 4.87. The van der Waals surface area contributed by atoms with Gasteiger partial charge in [-0.1, -0.05) is 64.4 Å². The fourth-order valence-corrected chi connectivity index (χ4v) is 2.62. The number of aromatic hydroxyl groups is 2. The summed E-state index contributed by atoms with van der Waals surface area (Å²) in [5.74, 6) is -2.05. The van der Waals surface area contributed by atoms with E-state index in [0.29, 0.717) is 12.0 Å². The molecule has 0 saturated heterocycles. The molecule has 0 spiro atoms. The Balaban J connectivity index is 2.25. The van der Waals surface area contributed by atoms with Gasteiger partial charge in [0.2, 0.25) is 0 Å². The third-order valence-electron chi connectivity index (χ3n) is 4.01. The van der Waals surface area contributed by atoms with Crippen molar-refractivity contribution in [3.8, 4) is 11.5 Å². The maximum Gasteiger partial charge on any atom is 0.339 e. The fourth-order valence-electron chi connectivity index (χ4n) is 2.62. The number of phenolic OH excluding ortho intramolecular Hbond substituents is 1. The average molecular weight is 308 g/mol. The van der Waals surface area contributed by atoms with Crippen molar-refractivity contribution in [1.82, 2.24) is 0 Å². The van der Waals surface area contributed by atoms with Crippen LogP contribution in [0.1, 0.15) is 80.6 Å². The lowest BCUT2D eigenvalue weighted by atomic mass is 10.0. The fraction of sp³-hybridized carbons (Fsp3) is 0.611. The second kappa shape index (κ2) is 10.1. The molecule has 4 nitrogen and oxygen atoms in total. The van der Waals surface area contributed by atoms with Crippen LogP contribution >= 0.6 is 0 Å². The van der Waals surface area contributed by atoms with E-state index in [1.807, 2.05) is 0 Å². The lowest BCUT2D eigenvalue weighted by molar-refractivity contribution is 0.0693. The molecule has 0 aliphatic rings. The summed E-state index contributed by atoms with van der Waals surface area (Å²) in [6, 6.07) is 2.93. The Bertz CT molecular complexity index is 468. The molecule has 0 unspecified atom stereocenters. The lowest BCUT2D eigenvalue weighted by Crippen LogP contribution is -1.98. The van der Waals surface area contributed by atoms with Crippen molar-refractivity contribution < 1.29 is 20.1 Å². The van der Waals surface area contributed by atoms with Gasteiger partial charge in [0.25, 0.3) is 0 Å². The summed E-state index contributed by atoms with van der Waals surface area (Å²) in [6.45, 7) is 2.22. The number of aromatic carboxylic acids is 1. The maximum atomic E-state index is 10.8. The topological polar surface area (TPSA) is 77.8 Å². The van der Waals surface area contributed by atoms with E-state index in [9.17, 15) is 15.0 Å². The summed E-state index contributed by atoms with van der Waals surface area (Å²) in [5, 5.41) is 28.4. The highest BCUT2D eigenvalue weighted by Gasteiger charge is 2.15. The zero-order valence-corrected chi connectivity index (χ0v) is 13.5. The van der Waals surface area contributed by atoms with Crippen LogP contribution in [0.5, 0.6) is 11.5 Å². The van der Waals surface area contributed by atoms with Gasteiger partial charge in [0, 0.05) is 0 Å². The quantitative estimate of drug-likeness (QED) is 0.402. The molecule has 0 atom stereocenters. The first-order valence-electron chi connectivity index (χ1n) is 8.35. The highest BCUT2D eigenvalue weighted by Crippen LogP contribution is 2.33. The van der Waals surface area contributed by atoms with E-state index in [0.717, 1.165) is 12.8 Å². The molecule has 0 aromatic heterocycles. The molecule has 22 heavy (non-hydrogen) atoms. The largest absolute Gasteiger partial charge is 0.504 e. The van der Waals surface area contributed by atoms with Crippen LogP contribution in [-0.2, 0) is 6.42 Å². The summed E-state index contributed by atoms with van der Waals surface area (Å²) >= 11 is 0. The first-order chi connectivity index (χ1) is 10.6. The van der Waals surface area contributed by atoms with Gasteiger partial charge in [-0.25, -0.2) is 4.79 Å². The Hall–Kier alpha value is -1.71. The zero-order valence-electron chi connectivity index (χ0n) is 13.5. The Morgan fingerprint density at radius 1 is 0.864 bits per heavy atom. The minimum atomic E-state index is -1.23. The molecule has 0 amide bonds. The third-order valence-corrected chi connectivity index (χ3v) is 4.01. The molecule has 0 aliphatic carbocycles. The number of aryl methyl sites for hydroxylation is 1. The van der Waals surface area contributed by atoms with E-state index in [1.165, 1.54) is 51.0 Å². The van der Waals surface area contributed by atoms with Crippen LogP contribution in [0.4, 0.5) is 0 Å². The van der Waals surface area contributed by atoms with Crippen LogP contribution in [0.3, 0.4) is 0 Å². The van der Waals surface area contributed by atoms with Crippen LogP contribution < -0.4 is 0 Å². The Kier molecular flexibility index (Phi) is 8.41. The Labute approximate surface area is 132 Å². The van der Waals surface area contributed by atoms with Gasteiger partial charge in [-0.2, -0.15) is 0 Å². The molecular weight excluding hydrogens is 280 g/mol. The van der Waals surface area contributed by atoms with Crippen molar-refractivity contribution in [2.24, 2.45) is 0 Å². The van der Waals surface area contributed by atoms with Gasteiger partial charge in [0.05, 0.1) is 0 Å². The SMILES string of the molecule is CCCCCCCCCCCc1ccc(C(=O)O)c(O)c1O. The number of carboxylic acids is 1. The summed E-state index contributed by atoms with van der Waals surface area (Å²) in [7, 11) is 0. The summed E-state index contributed by atoms with van der Waals surface area (Å²) in [6.07, 6.45) is 11.7. The van der Waals surface area contributed by atoms with Gasteiger partial charge in [-0.15, -0.1) is 0 Å². The van der Waals surface area contributed by atoms with Crippen LogP contribution in [0.2, 0.25) is 0 Å². The standard InChI is InChI=1S/C18H28O4/c1-2-3-4-5-6-7-8-9-10-11-14-12-13-15(18(21)22)17(20)16(14)19/h12-13,19-20H,2-11H2,1H3,(H,21,22). The van der Waals surface area contributed by atoms with Crippen molar-refractivity contribution in [2.75, 3.05) is 0 Å². The highest BCUT2D eigenvalue weighted by atomic mass is 16.4. The van der Waals surface area contributed by atoms with Crippen molar-refractivity contribution in [1.29, 1.82) is 0 Å². The van der Waals surface area contributed by atoms with Gasteiger partial charge >= 0.3 is 5.97 Å². The third kappa shape index (κ3) is 5.96. The average Bonchev–Trinajstić information content (AvgIpc) is 2.49. The van der Waals surface area contributed by atoms with Crippen molar-refractivity contribution in [3.63, 3.8) is 0 Å². The van der Waals surface area contributed by atoms with Gasteiger partial charge in [0.1, 0.15) is 5.56 Å². The second-order valence-electron chi connectivity index (χ2n) is 5.85. The van der Waals surface area contributed by atoms with Crippen LogP contribution in [0.25, 0.3) is 0 Å². The molecule has 0 saturated carbocycles. The molecule has 1 aromatic carbocycles. The molecule has 1 rings (SSSR count). The van der Waals surface area contributed by atoms with E-state index in [-0.39, 0.29) is 11.3 Å². The number of phenols is 2. The van der Waals surface area contributed by atoms with E-state index >= 15 is 0 Å². The van der Waals surface area contributed by atoms with Crippen LogP contribution in [-0.4, -0.2) is 21.3 Å². The number of benzene rings is 1. The molecule has 3 N–H and O–H groups in total. The molecule has 0 fully saturated rings. The monoisotopic (exact) mass is 308 g/mol. The Morgan fingerprint density at radius 3 is 1.95 bits per heavy atom. The molecule has 1 aromatic rings. The van der Waals surface area contributed by atoms with E-state index in [1.54, 1.807) is 6.07 Å². The summed E-state index contributed by atoms with van der Waals surface area (Å²) in [4.78, 5) is 10.8. The minimum absolute atomic E-state index is 0.256. The molecular formula is C18H28O4. The molecule has 4 heteroatoms. The normalized spacial score (nSPS) is 10.8. The first-order valence-corrected chi connectivity index (χ1v) is 8.35. The van der Waals surface area contributed by atoms with Gasteiger partial charge < -0.3 is 15.3 Å². The summed E-state index contributed by atoms with van der Waals surface area (Å²) in [5.41, 5.74) is 0.360. The summed E-state index contributed by atoms with van der Waals surface area (Å²) < 4.78 is 0. The van der Waals surface area contributed by atoms with Crippen LogP contribution in [0.15, 0.2) is 12.1 Å². The minimum Gasteiger partial charge on any atom is -0.504 e. The second-order valence-corrected chi connectivity index (χ2v) is 5.85. The number of carboxylic acid groups (broad SMARTS) is 1. The molecule has 0 heterocycles. The van der Waals surface area contributed by atoms with Crippen molar-refractivity contribution in [2.45, 2.75) is 71.1 Å². The number of hydrogen-bond acceptors (Lipinski definition) is 3. The number of unbranched alkanes of at least 4 members (excludes halogenated alkanes) is 8. The van der Waals surface area contributed by atoms with Crippen LogP contribution in [0, 0.1) is 0 Å². The van der Waals surface area contributed by atoms with Gasteiger partial charge in [0.15, 0.2) is 11.5 Å². The predicted molar refractivity (Wildman–Crippen MR) is 87.7 cm³/mol. The van der Waals surface area contributed by atoms with E-state index in [2.05, 4.69) is 6.92 Å². The number of carbonyl (C=O) groups is 1. The lowest BCUT2D eigenvalue weighted by Gasteiger charge is -2.08. The smallest absolute Gasteiger partial charge is 0.339 e. The molecule has 0 bridgehead atoms. The number of hydrogen-bond donors (Lipinski definition) is 3. The number of rotatable bonds is 11. The van der Waals surface area contributed by atoms with Gasteiger partial charge in [-0.3, -0.25) is 0 Å². The molecule has 124 valence electrons. The first kappa shape index (κ1) is 18.3. The van der Waals surface area contributed by atoms with Gasteiger partial charge in [-0.05, 0) is 24.5 Å². The highest BCUT2D eigenvalue weighted by molar-refractivity contribution is 5.92. The van der Waals surface area contributed by atoms with E-state index in [4.69, 9.17) is 5.11 Å². The zero-order chi connectivity index (χ0) is 16.4. The maximum absolute atomic E-state index is 10.8. The van der Waals surface area contributed by atoms with E-state index < -0.39 is 11.7 Å². The van der Waals surface area contributed by atoms with Crippen molar-refractivity contribution in [3.05, 3.63) is 23.3 Å². The molecule has 0 aliphatic heterocycles. The Morgan fingerprint density at radius 2 is 1.41 bits per heavy atom. The molecule has 0 radical (unpaired) electrons. The van der Waals surface area contributed by atoms with Crippen molar-refractivity contribution >= 4 is 5.97 Å².